The number of rotatable bonds is 4. The Morgan fingerprint density at radius 1 is 1.07 bits per heavy atom. The molecule has 8 heteroatoms. The van der Waals surface area contributed by atoms with Gasteiger partial charge in [-0.05, 0) is 57.4 Å². The lowest BCUT2D eigenvalue weighted by Gasteiger charge is -2.32. The van der Waals surface area contributed by atoms with Crippen molar-refractivity contribution < 1.29 is 14.0 Å². The Bertz CT molecular complexity index is 1040. The highest BCUT2D eigenvalue weighted by Crippen LogP contribution is 2.37. The second kappa shape index (κ2) is 6.97. The van der Waals surface area contributed by atoms with Gasteiger partial charge in [-0.15, -0.1) is 0 Å². The summed E-state index contributed by atoms with van der Waals surface area (Å²) in [6, 6.07) is 7.71. The molecular formula is C21H25BN4O3. The quantitative estimate of drug-likeness (QED) is 0.684. The second-order valence-corrected chi connectivity index (χ2v) is 8.10. The van der Waals surface area contributed by atoms with Gasteiger partial charge in [0.05, 0.1) is 18.3 Å². The number of fused-ring (bicyclic) bond motifs is 1. The van der Waals surface area contributed by atoms with Crippen LogP contribution in [0.1, 0.15) is 27.7 Å². The summed E-state index contributed by atoms with van der Waals surface area (Å²) in [5.74, 6) is 1.92. The fourth-order valence-corrected chi connectivity index (χ4v) is 3.31. The number of methoxy groups -OCH3 is 1. The van der Waals surface area contributed by atoms with E-state index in [0.717, 1.165) is 16.4 Å². The first kappa shape index (κ1) is 19.6. The molecule has 1 saturated heterocycles. The Morgan fingerprint density at radius 2 is 1.79 bits per heavy atom. The summed E-state index contributed by atoms with van der Waals surface area (Å²) < 4.78 is 18.1. The van der Waals surface area contributed by atoms with Crippen LogP contribution in [0.3, 0.4) is 0 Å². The Balaban J connectivity index is 1.87. The number of ether oxygens (including phenoxy) is 1. The Labute approximate surface area is 171 Å². The van der Waals surface area contributed by atoms with Crippen LogP contribution in [0, 0.1) is 0 Å². The van der Waals surface area contributed by atoms with Crippen molar-refractivity contribution in [3.8, 4) is 17.1 Å². The van der Waals surface area contributed by atoms with E-state index in [-0.39, 0.29) is 0 Å². The van der Waals surface area contributed by atoms with Crippen LogP contribution in [0.2, 0.25) is 0 Å². The van der Waals surface area contributed by atoms with Crippen LogP contribution in [-0.4, -0.2) is 47.4 Å². The van der Waals surface area contributed by atoms with E-state index in [1.807, 2.05) is 59.0 Å². The molecule has 4 rings (SSSR count). The molecule has 1 aliphatic rings. The van der Waals surface area contributed by atoms with Gasteiger partial charge >= 0.3 is 7.12 Å². The van der Waals surface area contributed by atoms with Crippen LogP contribution in [0.15, 0.2) is 36.7 Å². The van der Waals surface area contributed by atoms with Crippen molar-refractivity contribution in [3.63, 3.8) is 0 Å². The van der Waals surface area contributed by atoms with Crippen molar-refractivity contribution in [1.82, 2.24) is 15.0 Å². The normalized spacial score (nSPS) is 17.5. The SMILES string of the molecule is CNc1nc(-c2cccnc2)nc2c(OC)cc(B3OC(C)(C)C(C)(C)O3)cc12. The predicted octanol–water partition coefficient (Wildman–Crippen LogP) is 3.04. The van der Waals surface area contributed by atoms with Crippen molar-refractivity contribution in [2.24, 2.45) is 0 Å². The molecule has 1 aliphatic heterocycles. The van der Waals surface area contributed by atoms with Gasteiger partial charge < -0.3 is 19.4 Å². The zero-order valence-corrected chi connectivity index (χ0v) is 17.6. The summed E-state index contributed by atoms with van der Waals surface area (Å²) in [5, 5.41) is 4.01. The lowest BCUT2D eigenvalue weighted by molar-refractivity contribution is 0.00578. The van der Waals surface area contributed by atoms with Crippen LogP contribution in [0.4, 0.5) is 5.82 Å². The molecular weight excluding hydrogens is 367 g/mol. The molecule has 0 bridgehead atoms. The first-order valence-corrected chi connectivity index (χ1v) is 9.59. The number of aromatic nitrogens is 3. The van der Waals surface area contributed by atoms with E-state index in [0.29, 0.717) is 22.9 Å². The molecule has 7 nitrogen and oxygen atoms in total. The second-order valence-electron chi connectivity index (χ2n) is 8.10. The summed E-state index contributed by atoms with van der Waals surface area (Å²) in [7, 11) is 2.97. The van der Waals surface area contributed by atoms with Gasteiger partial charge in [0.2, 0.25) is 0 Å². The topological polar surface area (TPSA) is 78.4 Å². The number of anilines is 1. The van der Waals surface area contributed by atoms with E-state index in [9.17, 15) is 0 Å². The van der Waals surface area contributed by atoms with Gasteiger partial charge in [-0.25, -0.2) is 9.97 Å². The molecule has 1 aromatic carbocycles. The zero-order valence-electron chi connectivity index (χ0n) is 17.6. The molecule has 0 unspecified atom stereocenters. The van der Waals surface area contributed by atoms with Gasteiger partial charge in [0.15, 0.2) is 5.82 Å². The third kappa shape index (κ3) is 3.32. The fourth-order valence-electron chi connectivity index (χ4n) is 3.31. The lowest BCUT2D eigenvalue weighted by atomic mass is 9.78. The molecule has 29 heavy (non-hydrogen) atoms. The van der Waals surface area contributed by atoms with E-state index in [1.165, 1.54) is 0 Å². The maximum atomic E-state index is 6.22. The van der Waals surface area contributed by atoms with E-state index < -0.39 is 18.3 Å². The summed E-state index contributed by atoms with van der Waals surface area (Å²) in [4.78, 5) is 13.6. The molecule has 3 aromatic rings. The fraction of sp³-hybridized carbons (Fsp3) is 0.381. The molecule has 0 saturated carbocycles. The molecule has 1 N–H and O–H groups in total. The van der Waals surface area contributed by atoms with Crippen molar-refractivity contribution in [2.75, 3.05) is 19.5 Å². The first-order chi connectivity index (χ1) is 13.8. The average Bonchev–Trinajstić information content (AvgIpc) is 2.94. The Hall–Kier alpha value is -2.71. The van der Waals surface area contributed by atoms with E-state index in [2.05, 4.69) is 10.3 Å². The summed E-state index contributed by atoms with van der Waals surface area (Å²) >= 11 is 0. The van der Waals surface area contributed by atoms with Gasteiger partial charge in [-0.3, -0.25) is 4.98 Å². The van der Waals surface area contributed by atoms with Crippen LogP contribution in [-0.2, 0) is 9.31 Å². The monoisotopic (exact) mass is 392 g/mol. The predicted molar refractivity (Wildman–Crippen MR) is 115 cm³/mol. The van der Waals surface area contributed by atoms with Crippen molar-refractivity contribution in [3.05, 3.63) is 36.7 Å². The molecule has 0 aliphatic carbocycles. The maximum absolute atomic E-state index is 6.22. The molecule has 0 spiro atoms. The molecule has 1 fully saturated rings. The molecule has 150 valence electrons. The van der Waals surface area contributed by atoms with E-state index in [1.54, 1.807) is 19.5 Å². The third-order valence-corrected chi connectivity index (χ3v) is 5.69. The highest BCUT2D eigenvalue weighted by Gasteiger charge is 2.51. The average molecular weight is 392 g/mol. The van der Waals surface area contributed by atoms with Gasteiger partial charge in [0.25, 0.3) is 0 Å². The van der Waals surface area contributed by atoms with Gasteiger partial charge in [-0.2, -0.15) is 0 Å². The first-order valence-electron chi connectivity index (χ1n) is 9.59. The minimum Gasteiger partial charge on any atom is -0.494 e. The maximum Gasteiger partial charge on any atom is 0.494 e. The molecule has 0 radical (unpaired) electrons. The highest BCUT2D eigenvalue weighted by atomic mass is 16.7. The van der Waals surface area contributed by atoms with Crippen molar-refractivity contribution in [2.45, 2.75) is 38.9 Å². The molecule has 2 aromatic heterocycles. The minimum absolute atomic E-state index is 0.424. The number of pyridine rings is 1. The molecule has 0 amide bonds. The van der Waals surface area contributed by atoms with Crippen molar-refractivity contribution >= 4 is 29.3 Å². The minimum atomic E-state index is -0.499. The largest absolute Gasteiger partial charge is 0.494 e. The Kier molecular flexibility index (Phi) is 4.71. The lowest BCUT2D eigenvalue weighted by Crippen LogP contribution is -2.41. The summed E-state index contributed by atoms with van der Waals surface area (Å²) in [6.07, 6.45) is 3.47. The van der Waals surface area contributed by atoms with Gasteiger partial charge in [0.1, 0.15) is 17.1 Å². The number of hydrogen-bond acceptors (Lipinski definition) is 7. The number of nitrogens with one attached hydrogen (secondary N) is 1. The van der Waals surface area contributed by atoms with Gasteiger partial charge in [0, 0.05) is 30.4 Å². The third-order valence-electron chi connectivity index (χ3n) is 5.69. The number of nitrogens with zero attached hydrogens (tertiary/aromatic N) is 3. The standard InChI is InChI=1S/C21H25BN4O3/c1-20(2)21(3,4)29-22(28-20)14-10-15-17(16(11-14)27-6)25-18(26-19(15)23-5)13-8-7-9-24-12-13/h7-12H,1-6H3,(H,23,25,26). The van der Waals surface area contributed by atoms with Crippen LogP contribution < -0.4 is 15.5 Å². The zero-order chi connectivity index (χ0) is 20.8. The molecule has 3 heterocycles. The summed E-state index contributed by atoms with van der Waals surface area (Å²) in [6.45, 7) is 8.14. The Morgan fingerprint density at radius 3 is 2.38 bits per heavy atom. The number of hydrogen-bond donors (Lipinski definition) is 1. The van der Waals surface area contributed by atoms with E-state index >= 15 is 0 Å². The highest BCUT2D eigenvalue weighted by molar-refractivity contribution is 6.62. The molecule has 0 atom stereocenters. The van der Waals surface area contributed by atoms with Crippen molar-refractivity contribution in [1.29, 1.82) is 0 Å². The summed E-state index contributed by atoms with van der Waals surface area (Å²) in [5.41, 5.74) is 1.56. The van der Waals surface area contributed by atoms with E-state index in [4.69, 9.17) is 24.0 Å². The van der Waals surface area contributed by atoms with Crippen LogP contribution in [0.25, 0.3) is 22.3 Å². The number of benzene rings is 1. The van der Waals surface area contributed by atoms with Crippen LogP contribution >= 0.6 is 0 Å². The van der Waals surface area contributed by atoms with Gasteiger partial charge in [-0.1, -0.05) is 0 Å². The van der Waals surface area contributed by atoms with Crippen LogP contribution in [0.5, 0.6) is 5.75 Å². The smallest absolute Gasteiger partial charge is 0.494 e.